The fourth-order valence-corrected chi connectivity index (χ4v) is 3.28. The molecule has 2 rings (SSSR count). The first kappa shape index (κ1) is 16.2. The summed E-state index contributed by atoms with van der Waals surface area (Å²) >= 11 is 3.43. The topological polar surface area (TPSA) is 22.1 Å². The number of hydrogen-bond acceptors (Lipinski definition) is 2. The molecule has 0 spiro atoms. The summed E-state index contributed by atoms with van der Waals surface area (Å²) < 4.78 is 6.38. The van der Waals surface area contributed by atoms with Crippen LogP contribution in [-0.4, -0.2) is 13.3 Å². The number of fused-ring (bicyclic) bond motifs is 1. The number of hydrogen-bond donors (Lipinski definition) is 0. The van der Waals surface area contributed by atoms with E-state index in [0.717, 1.165) is 22.4 Å². The molecule has 0 aliphatic carbocycles. The fourth-order valence-electron chi connectivity index (χ4n) is 1.76. The average Bonchev–Trinajstić information content (AvgIpc) is 2.43. The second-order valence-electron chi connectivity index (χ2n) is 6.72. The first-order valence-electron chi connectivity index (χ1n) is 7.10. The molecule has 0 saturated heterocycles. The molecule has 0 unspecified atom stereocenters. The van der Waals surface area contributed by atoms with E-state index in [9.17, 15) is 0 Å². The molecule has 0 bridgehead atoms. The summed E-state index contributed by atoms with van der Waals surface area (Å²) in [5.41, 5.74) is 1.86. The first-order chi connectivity index (χ1) is 9.74. The van der Waals surface area contributed by atoms with Gasteiger partial charge in [0, 0.05) is 10.4 Å². The third kappa shape index (κ3) is 3.55. The standard InChI is InChI=1S/C17H22BrNOSi/c1-17(2,3)21(4,5)20-16(12-18)15-11-10-13-8-6-7-9-14(13)19-15/h6-12H,1-5H3/b16-12+. The lowest BCUT2D eigenvalue weighted by Crippen LogP contribution is -2.40. The van der Waals surface area contributed by atoms with Gasteiger partial charge in [0.1, 0.15) is 11.5 Å². The first-order valence-corrected chi connectivity index (χ1v) is 10.9. The fraction of sp³-hybridized carbons (Fsp3) is 0.353. The largest absolute Gasteiger partial charge is 0.542 e. The van der Waals surface area contributed by atoms with Gasteiger partial charge in [-0.1, -0.05) is 61.0 Å². The highest BCUT2D eigenvalue weighted by atomic mass is 79.9. The number of para-hydroxylation sites is 1. The predicted octanol–water partition coefficient (Wildman–Crippen LogP) is 5.95. The van der Waals surface area contributed by atoms with E-state index in [1.54, 1.807) is 0 Å². The van der Waals surface area contributed by atoms with Crippen molar-refractivity contribution in [2.45, 2.75) is 38.9 Å². The van der Waals surface area contributed by atoms with E-state index < -0.39 is 8.32 Å². The van der Waals surface area contributed by atoms with Gasteiger partial charge in [-0.05, 0) is 30.3 Å². The summed E-state index contributed by atoms with van der Waals surface area (Å²) in [5, 5.41) is 1.30. The van der Waals surface area contributed by atoms with Crippen molar-refractivity contribution >= 4 is 40.9 Å². The highest BCUT2D eigenvalue weighted by molar-refractivity contribution is 9.11. The molecule has 0 N–H and O–H groups in total. The summed E-state index contributed by atoms with van der Waals surface area (Å²) in [4.78, 5) is 6.55. The maximum atomic E-state index is 6.38. The lowest BCUT2D eigenvalue weighted by Gasteiger charge is -2.37. The number of halogens is 1. The van der Waals surface area contributed by atoms with E-state index in [1.165, 1.54) is 0 Å². The molecule has 21 heavy (non-hydrogen) atoms. The van der Waals surface area contributed by atoms with Crippen LogP contribution in [-0.2, 0) is 4.43 Å². The van der Waals surface area contributed by atoms with Gasteiger partial charge in [-0.3, -0.25) is 0 Å². The number of pyridine rings is 1. The van der Waals surface area contributed by atoms with Crippen molar-refractivity contribution in [1.82, 2.24) is 4.98 Å². The van der Waals surface area contributed by atoms with Crippen LogP contribution >= 0.6 is 15.9 Å². The van der Waals surface area contributed by atoms with E-state index in [0.29, 0.717) is 0 Å². The third-order valence-electron chi connectivity index (χ3n) is 4.12. The summed E-state index contributed by atoms with van der Waals surface area (Å²) in [6, 6.07) is 12.2. The Labute approximate surface area is 136 Å². The molecular formula is C17H22BrNOSi. The van der Waals surface area contributed by atoms with Gasteiger partial charge in [-0.25, -0.2) is 4.98 Å². The van der Waals surface area contributed by atoms with Gasteiger partial charge in [0.2, 0.25) is 0 Å². The molecule has 1 aromatic heterocycles. The number of nitrogens with zero attached hydrogens (tertiary/aromatic N) is 1. The van der Waals surface area contributed by atoms with Crippen LogP contribution < -0.4 is 0 Å². The Kier molecular flexibility index (Phi) is 4.59. The highest BCUT2D eigenvalue weighted by Crippen LogP contribution is 2.39. The van der Waals surface area contributed by atoms with Gasteiger partial charge < -0.3 is 4.43 Å². The van der Waals surface area contributed by atoms with Crippen molar-refractivity contribution in [2.75, 3.05) is 0 Å². The molecule has 2 nitrogen and oxygen atoms in total. The Hall–Kier alpha value is -1.13. The van der Waals surface area contributed by atoms with E-state index >= 15 is 0 Å². The third-order valence-corrected chi connectivity index (χ3v) is 8.88. The molecule has 1 aromatic carbocycles. The van der Waals surface area contributed by atoms with Crippen molar-refractivity contribution in [3.8, 4) is 0 Å². The maximum Gasteiger partial charge on any atom is 0.250 e. The summed E-state index contributed by atoms with van der Waals surface area (Å²) in [6.07, 6.45) is 0. The molecular weight excluding hydrogens is 342 g/mol. The van der Waals surface area contributed by atoms with Crippen molar-refractivity contribution in [2.24, 2.45) is 0 Å². The summed E-state index contributed by atoms with van der Waals surface area (Å²) in [6.45, 7) is 11.2. The SMILES string of the molecule is CC(C)(C)[Si](C)(C)O/C(=C/Br)c1ccc2ccccc2n1. The monoisotopic (exact) mass is 363 g/mol. The molecule has 0 atom stereocenters. The van der Waals surface area contributed by atoms with E-state index in [1.807, 2.05) is 29.3 Å². The second kappa shape index (κ2) is 5.93. The lowest BCUT2D eigenvalue weighted by molar-refractivity contribution is 0.457. The Balaban J connectivity index is 2.37. The highest BCUT2D eigenvalue weighted by Gasteiger charge is 2.39. The molecule has 0 aliphatic rings. The van der Waals surface area contributed by atoms with Crippen LogP contribution in [0.15, 0.2) is 41.4 Å². The molecule has 0 saturated carbocycles. The minimum absolute atomic E-state index is 0.158. The molecule has 0 amide bonds. The molecule has 0 radical (unpaired) electrons. The zero-order valence-electron chi connectivity index (χ0n) is 13.3. The van der Waals surface area contributed by atoms with Crippen molar-refractivity contribution in [3.63, 3.8) is 0 Å². The normalized spacial score (nSPS) is 13.5. The summed E-state index contributed by atoms with van der Waals surface area (Å²) in [5.74, 6) is 0.812. The minimum Gasteiger partial charge on any atom is -0.542 e. The van der Waals surface area contributed by atoms with Crippen molar-refractivity contribution < 1.29 is 4.43 Å². The van der Waals surface area contributed by atoms with Crippen LogP contribution in [0, 0.1) is 0 Å². The Morgan fingerprint density at radius 1 is 1.14 bits per heavy atom. The molecule has 112 valence electrons. The smallest absolute Gasteiger partial charge is 0.250 e. The quantitative estimate of drug-likeness (QED) is 0.496. The van der Waals surface area contributed by atoms with Crippen LogP contribution in [0.1, 0.15) is 26.5 Å². The number of rotatable bonds is 3. The van der Waals surface area contributed by atoms with Crippen LogP contribution in [0.25, 0.3) is 16.7 Å². The minimum atomic E-state index is -1.88. The van der Waals surface area contributed by atoms with Gasteiger partial charge in [0.15, 0.2) is 0 Å². The molecule has 0 aliphatic heterocycles. The number of benzene rings is 1. The van der Waals surface area contributed by atoms with E-state index in [2.05, 4.69) is 61.9 Å². The van der Waals surface area contributed by atoms with Gasteiger partial charge in [-0.2, -0.15) is 0 Å². The van der Waals surface area contributed by atoms with Gasteiger partial charge in [-0.15, -0.1) is 0 Å². The van der Waals surface area contributed by atoms with E-state index in [4.69, 9.17) is 9.41 Å². The lowest BCUT2D eigenvalue weighted by atomic mass is 10.2. The number of aromatic nitrogens is 1. The maximum absolute atomic E-state index is 6.38. The van der Waals surface area contributed by atoms with Gasteiger partial charge >= 0.3 is 0 Å². The molecule has 4 heteroatoms. The van der Waals surface area contributed by atoms with E-state index in [-0.39, 0.29) is 5.04 Å². The van der Waals surface area contributed by atoms with Gasteiger partial charge in [0.05, 0.1) is 5.52 Å². The van der Waals surface area contributed by atoms with Crippen molar-refractivity contribution in [3.05, 3.63) is 47.1 Å². The van der Waals surface area contributed by atoms with Crippen LogP contribution in [0.5, 0.6) is 0 Å². The van der Waals surface area contributed by atoms with Crippen LogP contribution in [0.4, 0.5) is 0 Å². The second-order valence-corrected chi connectivity index (χ2v) is 11.9. The summed E-state index contributed by atoms with van der Waals surface area (Å²) in [7, 11) is -1.88. The van der Waals surface area contributed by atoms with Crippen LogP contribution in [0.3, 0.4) is 0 Å². The average molecular weight is 364 g/mol. The zero-order valence-corrected chi connectivity index (χ0v) is 15.9. The van der Waals surface area contributed by atoms with Crippen LogP contribution in [0.2, 0.25) is 18.1 Å². The predicted molar refractivity (Wildman–Crippen MR) is 96.9 cm³/mol. The molecule has 2 aromatic rings. The molecule has 0 fully saturated rings. The Morgan fingerprint density at radius 3 is 2.43 bits per heavy atom. The zero-order chi connectivity index (χ0) is 15.7. The van der Waals surface area contributed by atoms with Crippen molar-refractivity contribution in [1.29, 1.82) is 0 Å². The van der Waals surface area contributed by atoms with Gasteiger partial charge in [0.25, 0.3) is 8.32 Å². The molecule has 1 heterocycles. The Bertz CT molecular complexity index is 674. The Morgan fingerprint density at radius 2 is 1.81 bits per heavy atom.